The van der Waals surface area contributed by atoms with Gasteiger partial charge < -0.3 is 14.6 Å². The van der Waals surface area contributed by atoms with Gasteiger partial charge in [-0.05, 0) is 30.3 Å². The maximum Gasteiger partial charge on any atom is 0.349 e. The number of hydrogen-bond donors (Lipinski definition) is 1. The molecule has 0 bridgehead atoms. The molecule has 0 saturated carbocycles. The van der Waals surface area contributed by atoms with Crippen molar-refractivity contribution in [1.82, 2.24) is 15.2 Å². The van der Waals surface area contributed by atoms with Gasteiger partial charge in [0.1, 0.15) is 11.1 Å². The number of amides is 1. The number of thiazole rings is 1. The van der Waals surface area contributed by atoms with Crippen LogP contribution in [0.25, 0.3) is 21.2 Å². The number of rotatable bonds is 5. The Balaban J connectivity index is 0.00000259. The van der Waals surface area contributed by atoms with Gasteiger partial charge in [-0.15, -0.1) is 12.4 Å². The van der Waals surface area contributed by atoms with Crippen molar-refractivity contribution in [3.05, 3.63) is 69.0 Å². The first-order valence-electron chi connectivity index (χ1n) is 10.4. The first-order chi connectivity index (χ1) is 15.6. The normalized spacial score (nSPS) is 14.4. The van der Waals surface area contributed by atoms with Crippen LogP contribution in [0.1, 0.15) is 10.4 Å². The quantitative estimate of drug-likeness (QED) is 0.377. The van der Waals surface area contributed by atoms with Gasteiger partial charge in [0.15, 0.2) is 5.13 Å². The first-order valence-corrected chi connectivity index (χ1v) is 12.0. The topological polar surface area (TPSA) is 78.7 Å². The molecular formula is C23H22BrClN4O3S. The lowest BCUT2D eigenvalue weighted by molar-refractivity contribution is 0.0944. The highest BCUT2D eigenvalue weighted by atomic mass is 79.9. The number of fused-ring (bicyclic) bond motifs is 2. The zero-order valence-corrected chi connectivity index (χ0v) is 20.8. The number of piperazine rings is 1. The highest BCUT2D eigenvalue weighted by molar-refractivity contribution is 9.10. The molecule has 1 N–H and O–H groups in total. The van der Waals surface area contributed by atoms with Crippen LogP contribution < -0.4 is 15.8 Å². The Bertz CT molecular complexity index is 1350. The molecule has 1 aliphatic heterocycles. The molecule has 0 radical (unpaired) electrons. The van der Waals surface area contributed by atoms with Gasteiger partial charge in [-0.3, -0.25) is 9.69 Å². The minimum Gasteiger partial charge on any atom is -0.422 e. The SMILES string of the molecule is Cl.O=C(NCCN1CCN(c2nc3ccc(Br)cc3s2)CC1)c1cc2ccccc2oc1=O. The number of hydrogen-bond acceptors (Lipinski definition) is 7. The Labute approximate surface area is 208 Å². The number of nitrogens with zero attached hydrogens (tertiary/aromatic N) is 3. The monoisotopic (exact) mass is 548 g/mol. The third kappa shape index (κ3) is 5.22. The average Bonchev–Trinajstić information content (AvgIpc) is 3.22. The second-order valence-electron chi connectivity index (χ2n) is 7.68. The number of aromatic nitrogens is 1. The molecule has 1 saturated heterocycles. The number of benzene rings is 2. The minimum absolute atomic E-state index is 0. The van der Waals surface area contributed by atoms with Crippen LogP contribution in [0.2, 0.25) is 0 Å². The molecule has 1 amide bonds. The number of anilines is 1. The molecule has 33 heavy (non-hydrogen) atoms. The lowest BCUT2D eigenvalue weighted by Crippen LogP contribution is -2.48. The van der Waals surface area contributed by atoms with E-state index in [4.69, 9.17) is 9.40 Å². The van der Waals surface area contributed by atoms with E-state index in [1.165, 1.54) is 4.70 Å². The van der Waals surface area contributed by atoms with Crippen LogP contribution in [0.4, 0.5) is 5.13 Å². The fourth-order valence-electron chi connectivity index (χ4n) is 3.83. The van der Waals surface area contributed by atoms with Crippen LogP contribution in [0.3, 0.4) is 0 Å². The van der Waals surface area contributed by atoms with Gasteiger partial charge in [0.05, 0.1) is 10.2 Å². The van der Waals surface area contributed by atoms with E-state index in [1.54, 1.807) is 29.5 Å². The summed E-state index contributed by atoms with van der Waals surface area (Å²) in [5.74, 6) is -0.399. The van der Waals surface area contributed by atoms with Gasteiger partial charge in [-0.1, -0.05) is 45.5 Å². The van der Waals surface area contributed by atoms with E-state index < -0.39 is 11.5 Å². The minimum atomic E-state index is -0.613. The molecule has 3 heterocycles. The van der Waals surface area contributed by atoms with Gasteiger partial charge in [0.2, 0.25) is 0 Å². The standard InChI is InChI=1S/C23H21BrN4O3S.ClH/c24-16-5-6-18-20(14-16)32-23(26-18)28-11-9-27(10-12-28)8-7-25-21(29)17-13-15-3-1-2-4-19(15)31-22(17)30;/h1-6,13-14H,7-12H2,(H,25,29);1H. The van der Waals surface area contributed by atoms with Crippen molar-refractivity contribution in [3.8, 4) is 0 Å². The number of carbonyl (C=O) groups excluding carboxylic acids is 1. The van der Waals surface area contributed by atoms with E-state index in [9.17, 15) is 9.59 Å². The summed E-state index contributed by atoms with van der Waals surface area (Å²) < 4.78 is 7.49. The largest absolute Gasteiger partial charge is 0.422 e. The highest BCUT2D eigenvalue weighted by Crippen LogP contribution is 2.31. The van der Waals surface area contributed by atoms with E-state index in [0.29, 0.717) is 12.1 Å². The summed E-state index contributed by atoms with van der Waals surface area (Å²) in [6.45, 7) is 4.78. The maximum absolute atomic E-state index is 12.5. The van der Waals surface area contributed by atoms with E-state index in [-0.39, 0.29) is 18.0 Å². The molecule has 5 rings (SSSR count). The third-order valence-corrected chi connectivity index (χ3v) is 7.15. The summed E-state index contributed by atoms with van der Waals surface area (Å²) in [4.78, 5) is 34.0. The van der Waals surface area contributed by atoms with Crippen LogP contribution >= 0.6 is 39.7 Å². The van der Waals surface area contributed by atoms with Crippen molar-refractivity contribution in [2.75, 3.05) is 44.2 Å². The Kier molecular flexibility index (Phi) is 7.33. The molecule has 1 fully saturated rings. The summed E-state index contributed by atoms with van der Waals surface area (Å²) in [5.41, 5.74) is 0.929. The molecule has 0 unspecified atom stereocenters. The lowest BCUT2D eigenvalue weighted by atomic mass is 10.2. The van der Waals surface area contributed by atoms with Crippen LogP contribution in [0.15, 0.2) is 62.2 Å². The van der Waals surface area contributed by atoms with Crippen molar-refractivity contribution in [2.45, 2.75) is 0 Å². The predicted octanol–water partition coefficient (Wildman–Crippen LogP) is 4.14. The molecule has 10 heteroatoms. The molecular weight excluding hydrogens is 528 g/mol. The lowest BCUT2D eigenvalue weighted by Gasteiger charge is -2.34. The third-order valence-electron chi connectivity index (χ3n) is 5.58. The molecule has 172 valence electrons. The fraction of sp³-hybridized carbons (Fsp3) is 0.261. The van der Waals surface area contributed by atoms with Gasteiger partial charge in [0, 0.05) is 49.1 Å². The molecule has 0 spiro atoms. The van der Waals surface area contributed by atoms with Gasteiger partial charge in [-0.25, -0.2) is 9.78 Å². The molecule has 0 atom stereocenters. The van der Waals surface area contributed by atoms with Crippen molar-refractivity contribution >= 4 is 71.9 Å². The van der Waals surface area contributed by atoms with Crippen LogP contribution in [-0.2, 0) is 0 Å². The van der Waals surface area contributed by atoms with E-state index in [2.05, 4.69) is 37.1 Å². The first kappa shape index (κ1) is 23.7. The van der Waals surface area contributed by atoms with Crippen LogP contribution in [0.5, 0.6) is 0 Å². The van der Waals surface area contributed by atoms with Gasteiger partial charge in [-0.2, -0.15) is 0 Å². The number of para-hydroxylation sites is 1. The summed E-state index contributed by atoms with van der Waals surface area (Å²) in [5, 5.41) is 4.63. The van der Waals surface area contributed by atoms with E-state index >= 15 is 0 Å². The van der Waals surface area contributed by atoms with Crippen molar-refractivity contribution in [2.24, 2.45) is 0 Å². The molecule has 0 aliphatic carbocycles. The molecule has 1 aliphatic rings. The summed E-state index contributed by atoms with van der Waals surface area (Å²) in [6, 6.07) is 14.9. The molecule has 4 aromatic rings. The van der Waals surface area contributed by atoms with Crippen molar-refractivity contribution < 1.29 is 9.21 Å². The average molecular weight is 550 g/mol. The van der Waals surface area contributed by atoms with Crippen molar-refractivity contribution in [1.29, 1.82) is 0 Å². The Morgan fingerprint density at radius 3 is 2.73 bits per heavy atom. The summed E-state index contributed by atoms with van der Waals surface area (Å²) in [7, 11) is 0. The maximum atomic E-state index is 12.5. The Morgan fingerprint density at radius 2 is 1.91 bits per heavy atom. The second-order valence-corrected chi connectivity index (χ2v) is 9.60. The Hall–Kier alpha value is -2.46. The number of nitrogens with one attached hydrogen (secondary N) is 1. The summed E-state index contributed by atoms with van der Waals surface area (Å²) >= 11 is 5.23. The zero-order chi connectivity index (χ0) is 22.1. The van der Waals surface area contributed by atoms with Crippen LogP contribution in [0, 0.1) is 0 Å². The van der Waals surface area contributed by atoms with E-state index in [1.807, 2.05) is 24.3 Å². The predicted molar refractivity (Wildman–Crippen MR) is 138 cm³/mol. The van der Waals surface area contributed by atoms with Gasteiger partial charge >= 0.3 is 5.63 Å². The smallest absolute Gasteiger partial charge is 0.349 e. The second kappa shape index (κ2) is 10.2. The number of carbonyl (C=O) groups is 1. The molecule has 2 aromatic carbocycles. The fourth-order valence-corrected chi connectivity index (χ4v) is 5.40. The van der Waals surface area contributed by atoms with E-state index in [0.717, 1.165) is 53.2 Å². The van der Waals surface area contributed by atoms with Gasteiger partial charge in [0.25, 0.3) is 5.91 Å². The number of halogens is 2. The molecule has 7 nitrogen and oxygen atoms in total. The van der Waals surface area contributed by atoms with Crippen LogP contribution in [-0.4, -0.2) is 55.1 Å². The zero-order valence-electron chi connectivity index (χ0n) is 17.6. The Morgan fingerprint density at radius 1 is 1.12 bits per heavy atom. The molecule has 2 aromatic heterocycles. The van der Waals surface area contributed by atoms with Crippen molar-refractivity contribution in [3.63, 3.8) is 0 Å². The summed E-state index contributed by atoms with van der Waals surface area (Å²) in [6.07, 6.45) is 0. The highest BCUT2D eigenvalue weighted by Gasteiger charge is 2.20.